The molecule has 0 spiro atoms. The Morgan fingerprint density at radius 3 is 2.59 bits per heavy atom. The van der Waals surface area contributed by atoms with Crippen LogP contribution in [0.2, 0.25) is 5.02 Å². The van der Waals surface area contributed by atoms with Crippen molar-refractivity contribution in [1.29, 1.82) is 0 Å². The molecule has 0 radical (unpaired) electrons. The van der Waals surface area contributed by atoms with Crippen molar-refractivity contribution in [1.82, 2.24) is 9.21 Å². The summed E-state index contributed by atoms with van der Waals surface area (Å²) >= 11 is 7.85. The van der Waals surface area contributed by atoms with E-state index in [1.54, 1.807) is 46.6 Å². The first-order valence-electron chi connectivity index (χ1n) is 12.5. The van der Waals surface area contributed by atoms with Gasteiger partial charge in [-0.3, -0.25) is 4.79 Å². The minimum absolute atomic E-state index is 0.178. The number of fused-ring (bicyclic) bond motifs is 1. The highest BCUT2D eigenvalue weighted by Gasteiger charge is 2.37. The van der Waals surface area contributed by atoms with Crippen LogP contribution in [0.5, 0.6) is 5.75 Å². The Balaban J connectivity index is 1.37. The van der Waals surface area contributed by atoms with Crippen molar-refractivity contribution in [2.75, 3.05) is 26.2 Å². The van der Waals surface area contributed by atoms with E-state index in [0.717, 1.165) is 36.0 Å². The number of nitrogens with zero attached hydrogens (tertiary/aromatic N) is 2. The lowest BCUT2D eigenvalue weighted by Gasteiger charge is -2.37. The zero-order valence-electron chi connectivity index (χ0n) is 21.0. The molecule has 1 saturated carbocycles. The Morgan fingerprint density at radius 1 is 1.14 bits per heavy atom. The predicted octanol–water partition coefficient (Wildman–Crippen LogP) is 5.62. The standard InChI is InChI=1S/C28H31ClN2O4S2/c1-19-3-8-23(9-4-19)37(33,34)30(16-21-5-6-21)17-28(32)31-13-11-27-24(12-14-36-27)26(31)18-35-22-7-10-25(29)20(2)15-22/h3-4,7-10,12,14-15,21,26H,5-6,11,13,16-18H2,1-2H3/t26-/m1/s1. The summed E-state index contributed by atoms with van der Waals surface area (Å²) in [5.41, 5.74) is 2.98. The number of aryl methyl sites for hydroxylation is 2. The summed E-state index contributed by atoms with van der Waals surface area (Å²) in [6.45, 7) is 4.84. The molecule has 1 aliphatic heterocycles. The van der Waals surface area contributed by atoms with Crippen molar-refractivity contribution in [3.05, 3.63) is 80.5 Å². The van der Waals surface area contributed by atoms with Gasteiger partial charge in [-0.2, -0.15) is 4.31 Å². The first kappa shape index (κ1) is 26.2. The molecule has 0 N–H and O–H groups in total. The second kappa shape index (κ2) is 10.8. The fourth-order valence-corrected chi connectivity index (χ4v) is 7.21. The molecule has 2 aromatic carbocycles. The predicted molar refractivity (Wildman–Crippen MR) is 147 cm³/mol. The van der Waals surface area contributed by atoms with E-state index < -0.39 is 10.0 Å². The molecule has 1 aromatic heterocycles. The van der Waals surface area contributed by atoms with E-state index in [9.17, 15) is 13.2 Å². The van der Waals surface area contributed by atoms with Gasteiger partial charge in [0.15, 0.2) is 0 Å². The molecule has 196 valence electrons. The van der Waals surface area contributed by atoms with Crippen molar-refractivity contribution in [2.24, 2.45) is 5.92 Å². The van der Waals surface area contributed by atoms with E-state index in [-0.39, 0.29) is 30.0 Å². The van der Waals surface area contributed by atoms with E-state index >= 15 is 0 Å². The number of sulfonamides is 1. The van der Waals surface area contributed by atoms with E-state index in [0.29, 0.717) is 29.8 Å². The van der Waals surface area contributed by atoms with Crippen LogP contribution in [0.3, 0.4) is 0 Å². The Bertz CT molecular complexity index is 1380. The Morgan fingerprint density at radius 2 is 1.89 bits per heavy atom. The smallest absolute Gasteiger partial charge is 0.243 e. The molecule has 1 atom stereocenters. The molecule has 9 heteroatoms. The summed E-state index contributed by atoms with van der Waals surface area (Å²) < 4.78 is 34.6. The van der Waals surface area contributed by atoms with Gasteiger partial charge in [0, 0.05) is 23.0 Å². The Labute approximate surface area is 227 Å². The first-order valence-corrected chi connectivity index (χ1v) is 15.2. The average molecular weight is 559 g/mol. The molecule has 6 nitrogen and oxygen atoms in total. The maximum absolute atomic E-state index is 13.7. The fraction of sp³-hybridized carbons (Fsp3) is 0.393. The van der Waals surface area contributed by atoms with Gasteiger partial charge in [0.25, 0.3) is 0 Å². The monoisotopic (exact) mass is 558 g/mol. The third-order valence-electron chi connectivity index (χ3n) is 7.08. The summed E-state index contributed by atoms with van der Waals surface area (Å²) in [6.07, 6.45) is 2.74. The molecular formula is C28H31ClN2O4S2. The fourth-order valence-electron chi connectivity index (χ4n) is 4.69. The van der Waals surface area contributed by atoms with E-state index in [4.69, 9.17) is 16.3 Å². The van der Waals surface area contributed by atoms with Crippen LogP contribution in [-0.4, -0.2) is 49.8 Å². The zero-order valence-corrected chi connectivity index (χ0v) is 23.4. The minimum Gasteiger partial charge on any atom is -0.491 e. The lowest BCUT2D eigenvalue weighted by molar-refractivity contribution is -0.135. The number of halogens is 1. The van der Waals surface area contributed by atoms with Gasteiger partial charge in [-0.1, -0.05) is 29.3 Å². The molecule has 2 heterocycles. The van der Waals surface area contributed by atoms with Crippen LogP contribution in [0, 0.1) is 19.8 Å². The second-order valence-corrected chi connectivity index (χ2v) is 13.3. The normalized spacial score (nSPS) is 17.6. The topological polar surface area (TPSA) is 66.9 Å². The molecular weight excluding hydrogens is 528 g/mol. The SMILES string of the molecule is Cc1ccc(S(=O)(=O)N(CC(=O)N2CCc3sccc3[C@H]2COc2ccc(Cl)c(C)c2)CC2CC2)cc1. The number of thiophene rings is 1. The second-order valence-electron chi connectivity index (χ2n) is 9.93. The van der Waals surface area contributed by atoms with E-state index in [1.807, 2.05) is 37.4 Å². The highest BCUT2D eigenvalue weighted by molar-refractivity contribution is 7.89. The number of benzene rings is 2. The number of ether oxygens (including phenoxy) is 1. The van der Waals surface area contributed by atoms with Gasteiger partial charge in [0.2, 0.25) is 15.9 Å². The molecule has 0 bridgehead atoms. The molecule has 0 unspecified atom stereocenters. The van der Waals surface area contributed by atoms with E-state index in [2.05, 4.69) is 0 Å². The van der Waals surface area contributed by atoms with Crippen molar-refractivity contribution in [3.63, 3.8) is 0 Å². The van der Waals surface area contributed by atoms with Gasteiger partial charge >= 0.3 is 0 Å². The van der Waals surface area contributed by atoms with Crippen molar-refractivity contribution in [2.45, 2.75) is 44.0 Å². The van der Waals surface area contributed by atoms with Crippen LogP contribution < -0.4 is 4.74 Å². The summed E-state index contributed by atoms with van der Waals surface area (Å²) in [4.78, 5) is 17.0. The molecule has 1 aliphatic carbocycles. The molecule has 1 fully saturated rings. The van der Waals surface area contributed by atoms with Crippen molar-refractivity contribution in [3.8, 4) is 5.75 Å². The minimum atomic E-state index is -3.79. The third-order valence-corrected chi connectivity index (χ3v) is 10.3. The zero-order chi connectivity index (χ0) is 26.2. The molecule has 5 rings (SSSR count). The summed E-state index contributed by atoms with van der Waals surface area (Å²) in [5.74, 6) is 0.799. The summed E-state index contributed by atoms with van der Waals surface area (Å²) in [5, 5.41) is 2.71. The van der Waals surface area contributed by atoms with Gasteiger partial charge in [-0.25, -0.2) is 8.42 Å². The maximum atomic E-state index is 13.7. The lowest BCUT2D eigenvalue weighted by atomic mass is 10.0. The quantitative estimate of drug-likeness (QED) is 0.342. The van der Waals surface area contributed by atoms with Crippen molar-refractivity contribution < 1.29 is 17.9 Å². The van der Waals surface area contributed by atoms with Crippen molar-refractivity contribution >= 4 is 38.9 Å². The Kier molecular flexibility index (Phi) is 7.63. The van der Waals surface area contributed by atoms with Crippen LogP contribution in [0.4, 0.5) is 0 Å². The molecule has 0 saturated heterocycles. The first-order chi connectivity index (χ1) is 17.7. The number of amides is 1. The van der Waals surface area contributed by atoms with Gasteiger partial charge in [0.05, 0.1) is 17.5 Å². The molecule has 1 amide bonds. The number of carbonyl (C=O) groups excluding carboxylic acids is 1. The number of carbonyl (C=O) groups is 1. The van der Waals surface area contributed by atoms with Crippen LogP contribution in [0.15, 0.2) is 58.8 Å². The molecule has 2 aliphatic rings. The average Bonchev–Trinajstić information content (AvgIpc) is 3.56. The van der Waals surface area contributed by atoms with Crippen LogP contribution in [-0.2, 0) is 21.2 Å². The highest BCUT2D eigenvalue weighted by Crippen LogP contribution is 2.35. The molecule has 37 heavy (non-hydrogen) atoms. The van der Waals surface area contributed by atoms with Gasteiger partial charge in [0.1, 0.15) is 12.4 Å². The number of rotatable bonds is 9. The summed E-state index contributed by atoms with van der Waals surface area (Å²) in [6, 6.07) is 14.1. The van der Waals surface area contributed by atoms with Crippen LogP contribution in [0.25, 0.3) is 0 Å². The highest BCUT2D eigenvalue weighted by atomic mass is 35.5. The van der Waals surface area contributed by atoms with Gasteiger partial charge in [-0.15, -0.1) is 11.3 Å². The largest absolute Gasteiger partial charge is 0.491 e. The summed E-state index contributed by atoms with van der Waals surface area (Å²) in [7, 11) is -3.79. The number of hydrogen-bond donors (Lipinski definition) is 0. The number of hydrogen-bond acceptors (Lipinski definition) is 5. The van der Waals surface area contributed by atoms with Crippen LogP contribution in [0.1, 0.15) is 40.5 Å². The lowest BCUT2D eigenvalue weighted by Crippen LogP contribution is -2.48. The van der Waals surface area contributed by atoms with Crippen LogP contribution >= 0.6 is 22.9 Å². The third kappa shape index (κ3) is 5.87. The molecule has 3 aromatic rings. The Hall–Kier alpha value is -2.39. The maximum Gasteiger partial charge on any atom is 0.243 e. The van der Waals surface area contributed by atoms with Gasteiger partial charge < -0.3 is 9.64 Å². The van der Waals surface area contributed by atoms with E-state index in [1.165, 1.54) is 9.18 Å². The van der Waals surface area contributed by atoms with Gasteiger partial charge in [-0.05, 0) is 91.9 Å².